The number of hydrogen-bond donors (Lipinski definition) is 4. The fraction of sp³-hybridized carbons (Fsp3) is 0.556. The van der Waals surface area contributed by atoms with Crippen LogP contribution in [-0.2, 0) is 19.9 Å². The van der Waals surface area contributed by atoms with Crippen molar-refractivity contribution in [2.24, 2.45) is 22.4 Å². The summed E-state index contributed by atoms with van der Waals surface area (Å²) in [5.41, 5.74) is 10.8. The molecule has 9 nitrogen and oxygen atoms in total. The van der Waals surface area contributed by atoms with E-state index in [4.69, 9.17) is 26.4 Å². The van der Waals surface area contributed by atoms with Gasteiger partial charge in [0.25, 0.3) is 0 Å². The van der Waals surface area contributed by atoms with E-state index in [9.17, 15) is 10.1 Å². The Labute approximate surface area is 159 Å². The van der Waals surface area contributed by atoms with Crippen molar-refractivity contribution >= 4 is 18.1 Å². The highest BCUT2D eigenvalue weighted by Gasteiger charge is 2.43. The quantitative estimate of drug-likeness (QED) is 0.333. The number of nitriles is 1. The second kappa shape index (κ2) is 10.4. The van der Waals surface area contributed by atoms with Gasteiger partial charge in [-0.25, -0.2) is 4.99 Å². The smallest absolute Gasteiger partial charge is 0.319 e. The van der Waals surface area contributed by atoms with Crippen molar-refractivity contribution in [2.45, 2.75) is 45.3 Å². The first kappa shape index (κ1) is 22.3. The van der Waals surface area contributed by atoms with Crippen molar-refractivity contribution in [1.82, 2.24) is 4.98 Å². The molecule has 0 saturated carbocycles. The van der Waals surface area contributed by atoms with Gasteiger partial charge in [0.05, 0.1) is 24.0 Å². The van der Waals surface area contributed by atoms with E-state index in [-0.39, 0.29) is 25.1 Å². The van der Waals surface area contributed by atoms with Gasteiger partial charge < -0.3 is 25.9 Å². The lowest BCUT2D eigenvalue weighted by Gasteiger charge is -2.20. The first-order chi connectivity index (χ1) is 12.8. The molecular formula is C18H28N6O3. The zero-order chi connectivity index (χ0) is 20.4. The van der Waals surface area contributed by atoms with E-state index in [1.54, 1.807) is 12.1 Å². The molecule has 0 radical (unpaired) electrons. The minimum absolute atomic E-state index is 0.0599. The molecular weight excluding hydrogens is 348 g/mol. The molecule has 0 spiro atoms. The molecule has 2 heterocycles. The Morgan fingerprint density at radius 2 is 2.26 bits per heavy atom. The van der Waals surface area contributed by atoms with Crippen molar-refractivity contribution in [3.05, 3.63) is 23.5 Å². The van der Waals surface area contributed by atoms with Crippen LogP contribution >= 0.6 is 0 Å². The molecule has 9 heteroatoms. The van der Waals surface area contributed by atoms with Gasteiger partial charge in [-0.3, -0.25) is 10.2 Å². The zero-order valence-electron chi connectivity index (χ0n) is 16.0. The molecule has 0 bridgehead atoms. The van der Waals surface area contributed by atoms with Crippen molar-refractivity contribution in [3.63, 3.8) is 0 Å². The lowest BCUT2D eigenvalue weighted by molar-refractivity contribution is -0.147. The van der Waals surface area contributed by atoms with Crippen LogP contribution in [0.1, 0.15) is 45.0 Å². The molecule has 2 atom stereocenters. The van der Waals surface area contributed by atoms with Crippen LogP contribution in [0.3, 0.4) is 0 Å². The molecule has 2 rings (SSSR count). The number of rotatable bonds is 6. The third kappa shape index (κ3) is 6.51. The second-order valence-electron chi connectivity index (χ2n) is 6.77. The third-order valence-corrected chi connectivity index (χ3v) is 3.56. The maximum absolute atomic E-state index is 11.1. The number of nitrogens with one attached hydrogen (secondary N) is 2. The monoisotopic (exact) mass is 376 g/mol. The molecule has 148 valence electrons. The highest BCUT2D eigenvalue weighted by Crippen LogP contribution is 2.38. The SMILES string of the molecule is CC(C)C.N#CC1(c2ccc(C(N)=NC=N)[nH]2)CCC(COC(=O)CN)O1. The van der Waals surface area contributed by atoms with Gasteiger partial charge in [-0.15, -0.1) is 0 Å². The summed E-state index contributed by atoms with van der Waals surface area (Å²) in [5, 5.41) is 16.5. The summed E-state index contributed by atoms with van der Waals surface area (Å²) < 4.78 is 10.7. The Morgan fingerprint density at radius 3 is 2.81 bits per heavy atom. The Bertz CT molecular complexity index is 703. The van der Waals surface area contributed by atoms with Crippen molar-refractivity contribution in [1.29, 1.82) is 10.7 Å². The van der Waals surface area contributed by atoms with E-state index in [0.717, 1.165) is 12.3 Å². The van der Waals surface area contributed by atoms with E-state index in [1.807, 2.05) is 0 Å². The number of nitrogens with zero attached hydrogens (tertiary/aromatic N) is 2. The van der Waals surface area contributed by atoms with Gasteiger partial charge in [0.15, 0.2) is 5.60 Å². The van der Waals surface area contributed by atoms with Gasteiger partial charge in [0, 0.05) is 0 Å². The number of ether oxygens (including phenoxy) is 2. The zero-order valence-corrected chi connectivity index (χ0v) is 16.0. The number of aromatic nitrogens is 1. The van der Waals surface area contributed by atoms with E-state index in [1.165, 1.54) is 0 Å². The summed E-state index contributed by atoms with van der Waals surface area (Å²) in [7, 11) is 0. The van der Waals surface area contributed by atoms with Crippen LogP contribution in [0.4, 0.5) is 0 Å². The maximum atomic E-state index is 11.1. The predicted octanol–water partition coefficient (Wildman–Crippen LogP) is 1.39. The summed E-state index contributed by atoms with van der Waals surface area (Å²) >= 11 is 0. The van der Waals surface area contributed by atoms with Crippen LogP contribution in [-0.4, -0.2) is 42.4 Å². The minimum Gasteiger partial charge on any atom is -0.462 e. The third-order valence-electron chi connectivity index (χ3n) is 3.56. The molecule has 1 saturated heterocycles. The van der Waals surface area contributed by atoms with Crippen LogP contribution in [0.25, 0.3) is 0 Å². The number of hydrogen-bond acceptors (Lipinski definition) is 6. The maximum Gasteiger partial charge on any atom is 0.319 e. The molecule has 0 aliphatic carbocycles. The van der Waals surface area contributed by atoms with Gasteiger partial charge in [-0.2, -0.15) is 5.26 Å². The normalized spacial score (nSPS) is 21.9. The predicted molar refractivity (Wildman–Crippen MR) is 102 cm³/mol. The number of esters is 1. The number of amidine groups is 1. The lowest BCUT2D eigenvalue weighted by atomic mass is 9.98. The number of H-pyrrole nitrogens is 1. The summed E-state index contributed by atoms with van der Waals surface area (Å²) in [6.07, 6.45) is 1.49. The minimum atomic E-state index is -1.15. The molecule has 1 aromatic heterocycles. The van der Waals surface area contributed by atoms with Gasteiger partial charge in [-0.05, 0) is 30.9 Å². The van der Waals surface area contributed by atoms with E-state index in [2.05, 4.69) is 36.8 Å². The highest BCUT2D eigenvalue weighted by atomic mass is 16.6. The molecule has 2 unspecified atom stereocenters. The van der Waals surface area contributed by atoms with Crippen LogP contribution in [0.2, 0.25) is 0 Å². The molecule has 1 aromatic rings. The molecule has 1 aliphatic rings. The average molecular weight is 376 g/mol. The van der Waals surface area contributed by atoms with Gasteiger partial charge in [0.2, 0.25) is 0 Å². The number of aliphatic imine (C=N–C) groups is 1. The summed E-state index contributed by atoms with van der Waals surface area (Å²) in [6, 6.07) is 5.53. The molecule has 6 N–H and O–H groups in total. The van der Waals surface area contributed by atoms with E-state index in [0.29, 0.717) is 24.2 Å². The van der Waals surface area contributed by atoms with Crippen LogP contribution < -0.4 is 11.5 Å². The van der Waals surface area contributed by atoms with Gasteiger partial charge in [0.1, 0.15) is 24.9 Å². The Hall–Kier alpha value is -2.70. The highest BCUT2D eigenvalue weighted by molar-refractivity contribution is 5.99. The van der Waals surface area contributed by atoms with Crippen LogP contribution in [0.5, 0.6) is 0 Å². The number of aromatic amines is 1. The van der Waals surface area contributed by atoms with E-state index < -0.39 is 11.6 Å². The summed E-state index contributed by atoms with van der Waals surface area (Å²) in [5.74, 6) is 0.464. The van der Waals surface area contributed by atoms with Crippen molar-refractivity contribution < 1.29 is 14.3 Å². The standard InChI is InChI=1S/C14H18N6O3.C4H10/c15-5-12(21)22-6-9-3-4-14(7-16,23-9)11-2-1-10(20-11)13(18)19-8-17;1-4(2)3/h1-2,8-9,20H,3-6,15H2,(H3,17,18,19);4H,1-3H3. The molecule has 1 fully saturated rings. The summed E-state index contributed by atoms with van der Waals surface area (Å²) in [6.45, 7) is 6.37. The Balaban J connectivity index is 0.000000828. The first-order valence-electron chi connectivity index (χ1n) is 8.74. The van der Waals surface area contributed by atoms with Crippen molar-refractivity contribution in [3.8, 4) is 6.07 Å². The largest absolute Gasteiger partial charge is 0.462 e. The Morgan fingerprint density at radius 1 is 1.59 bits per heavy atom. The van der Waals surface area contributed by atoms with Crippen LogP contribution in [0, 0.1) is 22.7 Å². The van der Waals surface area contributed by atoms with Gasteiger partial charge in [-0.1, -0.05) is 20.8 Å². The molecule has 0 aromatic carbocycles. The average Bonchev–Trinajstić information content (AvgIpc) is 3.27. The fourth-order valence-electron chi connectivity index (χ4n) is 2.39. The van der Waals surface area contributed by atoms with Crippen molar-refractivity contribution in [2.75, 3.05) is 13.2 Å². The number of carbonyl (C=O) groups is 1. The molecule has 1 aliphatic heterocycles. The van der Waals surface area contributed by atoms with E-state index >= 15 is 0 Å². The molecule has 27 heavy (non-hydrogen) atoms. The number of nitrogens with two attached hydrogens (primary N) is 2. The van der Waals surface area contributed by atoms with Crippen LogP contribution in [0.15, 0.2) is 17.1 Å². The lowest BCUT2D eigenvalue weighted by Crippen LogP contribution is -2.28. The Kier molecular flexibility index (Phi) is 8.65. The number of carbonyl (C=O) groups excluding carboxylic acids is 1. The molecule has 0 amide bonds. The topological polar surface area (TPSA) is 163 Å². The second-order valence-corrected chi connectivity index (χ2v) is 6.77. The summed E-state index contributed by atoms with van der Waals surface area (Å²) in [4.78, 5) is 17.8. The fourth-order valence-corrected chi connectivity index (χ4v) is 2.39. The first-order valence-corrected chi connectivity index (χ1v) is 8.74. The van der Waals surface area contributed by atoms with Gasteiger partial charge >= 0.3 is 5.97 Å².